The number of aromatic nitrogens is 2. The van der Waals surface area contributed by atoms with Crippen LogP contribution in [0, 0.1) is 0 Å². The molecule has 1 aromatic heterocycles. The zero-order chi connectivity index (χ0) is 12.1. The summed E-state index contributed by atoms with van der Waals surface area (Å²) >= 11 is 0. The quantitative estimate of drug-likeness (QED) is 0.803. The molecule has 0 bridgehead atoms. The maximum Gasteiger partial charge on any atom is 0.113 e. The van der Waals surface area contributed by atoms with Gasteiger partial charge in [0, 0.05) is 36.9 Å². The van der Waals surface area contributed by atoms with Crippen molar-refractivity contribution in [1.29, 1.82) is 0 Å². The zero-order valence-corrected chi connectivity index (χ0v) is 11.2. The predicted molar refractivity (Wildman–Crippen MR) is 68.7 cm³/mol. The van der Waals surface area contributed by atoms with Crippen molar-refractivity contribution >= 4 is 0 Å². The molecule has 0 aliphatic rings. The summed E-state index contributed by atoms with van der Waals surface area (Å²) in [5, 5.41) is 3.55. The van der Waals surface area contributed by atoms with Gasteiger partial charge in [-0.25, -0.2) is 4.98 Å². The maximum absolute atomic E-state index is 4.49. The van der Waals surface area contributed by atoms with E-state index in [9.17, 15) is 0 Å². The van der Waals surface area contributed by atoms with Crippen LogP contribution in [0.5, 0.6) is 0 Å². The molecule has 0 radical (unpaired) electrons. The van der Waals surface area contributed by atoms with E-state index in [0.29, 0.717) is 18.0 Å². The molecule has 1 aromatic rings. The van der Waals surface area contributed by atoms with E-state index in [1.165, 1.54) is 5.82 Å². The number of hydrogen-bond donors (Lipinski definition) is 1. The summed E-state index contributed by atoms with van der Waals surface area (Å²) in [4.78, 5) is 4.49. The number of nitrogens with one attached hydrogen (secondary N) is 1. The molecule has 3 nitrogen and oxygen atoms in total. The maximum atomic E-state index is 4.49. The Morgan fingerprint density at radius 3 is 2.56 bits per heavy atom. The van der Waals surface area contributed by atoms with Crippen LogP contribution in [0.15, 0.2) is 12.4 Å². The van der Waals surface area contributed by atoms with Crippen LogP contribution in [0.25, 0.3) is 0 Å². The van der Waals surface area contributed by atoms with E-state index < -0.39 is 0 Å². The Hall–Kier alpha value is -0.830. The lowest BCUT2D eigenvalue weighted by molar-refractivity contribution is 0.418. The molecule has 1 N–H and O–H groups in total. The number of nitrogens with zero attached hydrogens (tertiary/aromatic N) is 2. The first-order chi connectivity index (χ1) is 7.56. The minimum atomic E-state index is 0.448. The molecule has 0 saturated carbocycles. The average molecular weight is 223 g/mol. The molecule has 0 saturated heterocycles. The molecule has 0 aromatic carbocycles. The third kappa shape index (κ3) is 3.34. The van der Waals surface area contributed by atoms with Gasteiger partial charge in [-0.15, -0.1) is 0 Å². The van der Waals surface area contributed by atoms with E-state index in [0.717, 1.165) is 13.0 Å². The Morgan fingerprint density at radius 2 is 2.00 bits per heavy atom. The van der Waals surface area contributed by atoms with Gasteiger partial charge in [0.05, 0.1) is 0 Å². The second-order valence-electron chi connectivity index (χ2n) is 4.88. The van der Waals surface area contributed by atoms with Gasteiger partial charge in [0.25, 0.3) is 0 Å². The van der Waals surface area contributed by atoms with Crippen molar-refractivity contribution in [1.82, 2.24) is 14.9 Å². The van der Waals surface area contributed by atoms with Crippen molar-refractivity contribution in [2.75, 3.05) is 0 Å². The molecule has 0 amide bonds. The molecule has 1 heterocycles. The smallest absolute Gasteiger partial charge is 0.113 e. The van der Waals surface area contributed by atoms with Crippen LogP contribution in [0.1, 0.15) is 52.8 Å². The first kappa shape index (κ1) is 13.2. The van der Waals surface area contributed by atoms with Crippen LogP contribution < -0.4 is 5.32 Å². The largest absolute Gasteiger partial charge is 0.335 e. The van der Waals surface area contributed by atoms with Gasteiger partial charge < -0.3 is 9.88 Å². The van der Waals surface area contributed by atoms with Gasteiger partial charge in [0.1, 0.15) is 5.82 Å². The van der Waals surface area contributed by atoms with E-state index in [2.05, 4.69) is 55.7 Å². The van der Waals surface area contributed by atoms with Gasteiger partial charge in [-0.2, -0.15) is 0 Å². The highest BCUT2D eigenvalue weighted by Gasteiger charge is 2.18. The summed E-state index contributed by atoms with van der Waals surface area (Å²) in [7, 11) is 0. The highest BCUT2D eigenvalue weighted by Crippen LogP contribution is 2.18. The minimum Gasteiger partial charge on any atom is -0.335 e. The minimum absolute atomic E-state index is 0.448. The van der Waals surface area contributed by atoms with Gasteiger partial charge in [-0.1, -0.05) is 27.7 Å². The molecule has 0 aliphatic heterocycles. The van der Waals surface area contributed by atoms with Crippen molar-refractivity contribution in [2.45, 2.75) is 65.6 Å². The number of rotatable bonds is 6. The van der Waals surface area contributed by atoms with Crippen LogP contribution in [0.3, 0.4) is 0 Å². The summed E-state index contributed by atoms with van der Waals surface area (Å²) in [6, 6.07) is 0.977. The molecule has 92 valence electrons. The molecule has 1 rings (SSSR count). The summed E-state index contributed by atoms with van der Waals surface area (Å²) in [5.74, 6) is 1.64. The fourth-order valence-electron chi connectivity index (χ4n) is 2.04. The molecule has 0 fully saturated rings. The van der Waals surface area contributed by atoms with Gasteiger partial charge in [-0.05, 0) is 13.3 Å². The summed E-state index contributed by atoms with van der Waals surface area (Å²) in [6.45, 7) is 12.1. The lowest BCUT2D eigenvalue weighted by Crippen LogP contribution is -2.36. The van der Waals surface area contributed by atoms with Crippen molar-refractivity contribution in [3.8, 4) is 0 Å². The Morgan fingerprint density at radius 1 is 1.31 bits per heavy atom. The van der Waals surface area contributed by atoms with Crippen molar-refractivity contribution in [3.63, 3.8) is 0 Å². The molecule has 0 aliphatic carbocycles. The van der Waals surface area contributed by atoms with Crippen molar-refractivity contribution in [2.24, 2.45) is 0 Å². The molecular formula is C13H25N3. The van der Waals surface area contributed by atoms with Crippen LogP contribution in [-0.2, 0) is 6.54 Å². The predicted octanol–water partition coefficient (Wildman–Crippen LogP) is 2.78. The van der Waals surface area contributed by atoms with E-state index in [1.54, 1.807) is 0 Å². The van der Waals surface area contributed by atoms with Gasteiger partial charge in [-0.3, -0.25) is 0 Å². The molecule has 0 spiro atoms. The Bertz CT molecular complexity index is 304. The Balaban J connectivity index is 2.70. The van der Waals surface area contributed by atoms with Gasteiger partial charge >= 0.3 is 0 Å². The average Bonchev–Trinajstić information content (AvgIpc) is 2.64. The fourth-order valence-corrected chi connectivity index (χ4v) is 2.04. The van der Waals surface area contributed by atoms with Crippen LogP contribution in [0.2, 0.25) is 0 Å². The van der Waals surface area contributed by atoms with Gasteiger partial charge in [0.15, 0.2) is 0 Å². The molecule has 2 unspecified atom stereocenters. The fraction of sp³-hybridized carbons (Fsp3) is 0.769. The van der Waals surface area contributed by atoms with Crippen LogP contribution in [-0.4, -0.2) is 21.6 Å². The molecular weight excluding hydrogens is 198 g/mol. The van der Waals surface area contributed by atoms with E-state index in [4.69, 9.17) is 0 Å². The Labute approximate surface area is 99.3 Å². The first-order valence-electron chi connectivity index (χ1n) is 6.33. The van der Waals surface area contributed by atoms with Crippen LogP contribution in [0.4, 0.5) is 0 Å². The Kier molecular flexibility index (Phi) is 5.00. The molecule has 3 heteroatoms. The lowest BCUT2D eigenvalue weighted by Gasteiger charge is -2.23. The zero-order valence-electron chi connectivity index (χ0n) is 11.2. The summed E-state index contributed by atoms with van der Waals surface area (Å²) in [6.07, 6.45) is 5.14. The third-order valence-electron chi connectivity index (χ3n) is 2.97. The van der Waals surface area contributed by atoms with E-state index in [1.807, 2.05) is 6.20 Å². The normalized spacial score (nSPS) is 15.4. The summed E-state index contributed by atoms with van der Waals surface area (Å²) < 4.78 is 2.27. The van der Waals surface area contributed by atoms with Crippen molar-refractivity contribution < 1.29 is 0 Å². The number of hydrogen-bond acceptors (Lipinski definition) is 2. The second-order valence-corrected chi connectivity index (χ2v) is 4.88. The third-order valence-corrected chi connectivity index (χ3v) is 2.97. The molecule has 16 heavy (non-hydrogen) atoms. The topological polar surface area (TPSA) is 29.9 Å². The monoisotopic (exact) mass is 223 g/mol. The highest BCUT2D eigenvalue weighted by molar-refractivity contribution is 5.02. The summed E-state index contributed by atoms with van der Waals surface area (Å²) in [5.41, 5.74) is 0. The lowest BCUT2D eigenvalue weighted by atomic mass is 10.0. The second kappa shape index (κ2) is 6.04. The van der Waals surface area contributed by atoms with Crippen molar-refractivity contribution in [3.05, 3.63) is 18.2 Å². The number of aryl methyl sites for hydroxylation is 1. The molecule has 2 atom stereocenters. The highest BCUT2D eigenvalue weighted by atomic mass is 15.1. The first-order valence-corrected chi connectivity index (χ1v) is 6.33. The van der Waals surface area contributed by atoms with Crippen LogP contribution >= 0.6 is 0 Å². The van der Waals surface area contributed by atoms with E-state index >= 15 is 0 Å². The standard InChI is InChI=1S/C13H25N3/c1-6-8-16-9-7-14-13(16)11(4)12(5)15-10(2)3/h7,9-12,15H,6,8H2,1-5H3. The SMILES string of the molecule is CCCn1ccnc1C(C)C(C)NC(C)C. The number of imidazole rings is 1. The van der Waals surface area contributed by atoms with E-state index in [-0.39, 0.29) is 0 Å². The van der Waals surface area contributed by atoms with Gasteiger partial charge in [0.2, 0.25) is 0 Å².